The molecule has 1 saturated heterocycles. The van der Waals surface area contributed by atoms with E-state index >= 15 is 0 Å². The highest BCUT2D eigenvalue weighted by atomic mass is 32.2. The molecule has 0 bridgehead atoms. The molecule has 1 N–H and O–H groups in total. The number of carbonyl (C=O) groups is 1. The van der Waals surface area contributed by atoms with Crippen molar-refractivity contribution >= 4 is 21.7 Å². The summed E-state index contributed by atoms with van der Waals surface area (Å²) in [6, 6.07) is 6.82. The molecule has 0 atom stereocenters. The van der Waals surface area contributed by atoms with Crippen molar-refractivity contribution in [1.82, 2.24) is 18.8 Å². The zero-order chi connectivity index (χ0) is 19.4. The molecule has 27 heavy (non-hydrogen) atoms. The molecule has 146 valence electrons. The summed E-state index contributed by atoms with van der Waals surface area (Å²) in [7, 11) is -0.372. The number of aryl methyl sites for hydroxylation is 1. The fraction of sp³-hybridized carbons (Fsp3) is 0.412. The van der Waals surface area contributed by atoms with Crippen LogP contribution in [0.3, 0.4) is 0 Å². The van der Waals surface area contributed by atoms with Crippen LogP contribution in [0, 0.1) is 0 Å². The van der Waals surface area contributed by atoms with Gasteiger partial charge in [-0.05, 0) is 18.6 Å². The third-order valence-electron chi connectivity index (χ3n) is 4.35. The van der Waals surface area contributed by atoms with Gasteiger partial charge in [0, 0.05) is 51.2 Å². The number of sulfonamides is 1. The number of benzene rings is 1. The fourth-order valence-electron chi connectivity index (χ4n) is 2.89. The van der Waals surface area contributed by atoms with Crippen LogP contribution in [0.4, 0.5) is 10.5 Å². The quantitative estimate of drug-likeness (QED) is 0.846. The van der Waals surface area contributed by atoms with Gasteiger partial charge in [0.25, 0.3) is 10.0 Å². The van der Waals surface area contributed by atoms with Crippen LogP contribution in [0.2, 0.25) is 0 Å². The van der Waals surface area contributed by atoms with Gasteiger partial charge in [-0.25, -0.2) is 18.2 Å². The number of methoxy groups -OCH3 is 1. The molecule has 1 aliphatic heterocycles. The van der Waals surface area contributed by atoms with Gasteiger partial charge in [-0.15, -0.1) is 0 Å². The third-order valence-corrected chi connectivity index (χ3v) is 6.13. The van der Waals surface area contributed by atoms with Crippen molar-refractivity contribution in [3.8, 4) is 5.75 Å². The Labute approximate surface area is 158 Å². The van der Waals surface area contributed by atoms with Crippen molar-refractivity contribution < 1.29 is 17.9 Å². The van der Waals surface area contributed by atoms with E-state index in [0.29, 0.717) is 37.5 Å². The smallest absolute Gasteiger partial charge is 0.321 e. The van der Waals surface area contributed by atoms with Crippen LogP contribution in [0.1, 0.15) is 6.42 Å². The van der Waals surface area contributed by atoms with Crippen molar-refractivity contribution in [2.75, 3.05) is 38.6 Å². The van der Waals surface area contributed by atoms with E-state index in [1.165, 1.54) is 16.8 Å². The minimum Gasteiger partial charge on any atom is -0.497 e. The van der Waals surface area contributed by atoms with Crippen LogP contribution >= 0.6 is 0 Å². The Hall–Kier alpha value is -2.59. The Balaban J connectivity index is 1.64. The highest BCUT2D eigenvalue weighted by Crippen LogP contribution is 2.19. The van der Waals surface area contributed by atoms with Gasteiger partial charge in [0.1, 0.15) is 5.75 Å². The number of amides is 2. The lowest BCUT2D eigenvalue weighted by Crippen LogP contribution is -2.39. The maximum atomic E-state index is 12.7. The summed E-state index contributed by atoms with van der Waals surface area (Å²) in [4.78, 5) is 18.1. The molecule has 2 aromatic rings. The van der Waals surface area contributed by atoms with Gasteiger partial charge >= 0.3 is 6.03 Å². The summed E-state index contributed by atoms with van der Waals surface area (Å²) < 4.78 is 33.5. The minimum absolute atomic E-state index is 0.0271. The molecular formula is C17H23N5O4S. The highest BCUT2D eigenvalue weighted by molar-refractivity contribution is 7.89. The van der Waals surface area contributed by atoms with E-state index in [-0.39, 0.29) is 17.6 Å². The monoisotopic (exact) mass is 393 g/mol. The molecule has 0 spiro atoms. The molecule has 1 aromatic heterocycles. The van der Waals surface area contributed by atoms with E-state index in [2.05, 4.69) is 10.3 Å². The number of hydrogen-bond acceptors (Lipinski definition) is 5. The fourth-order valence-corrected chi connectivity index (χ4v) is 4.33. The molecule has 0 radical (unpaired) electrons. The number of nitrogens with zero attached hydrogens (tertiary/aromatic N) is 4. The van der Waals surface area contributed by atoms with Crippen molar-refractivity contribution in [3.05, 3.63) is 36.8 Å². The van der Waals surface area contributed by atoms with Crippen LogP contribution in [-0.2, 0) is 17.1 Å². The second-order valence-corrected chi connectivity index (χ2v) is 8.17. The second-order valence-electron chi connectivity index (χ2n) is 6.28. The first-order valence-electron chi connectivity index (χ1n) is 8.58. The lowest BCUT2D eigenvalue weighted by Gasteiger charge is -2.22. The zero-order valence-corrected chi connectivity index (χ0v) is 16.1. The van der Waals surface area contributed by atoms with E-state index in [1.807, 2.05) is 0 Å². The lowest BCUT2D eigenvalue weighted by atomic mass is 10.3. The largest absolute Gasteiger partial charge is 0.497 e. The minimum atomic E-state index is -3.66. The highest BCUT2D eigenvalue weighted by Gasteiger charge is 2.29. The van der Waals surface area contributed by atoms with Crippen LogP contribution in [0.5, 0.6) is 5.75 Å². The molecule has 1 fully saturated rings. The standard InChI is InChI=1S/C17H23N5O4S/c1-20-12-16(18-13-20)27(24,25)22-8-4-7-21(9-10-22)17(23)19-14-5-3-6-15(11-14)26-2/h3,5-6,11-13H,4,7-10H2,1-2H3,(H,19,23). The molecule has 10 heteroatoms. The summed E-state index contributed by atoms with van der Waals surface area (Å²) in [5.74, 6) is 0.649. The molecule has 0 saturated carbocycles. The molecule has 9 nitrogen and oxygen atoms in total. The maximum absolute atomic E-state index is 12.7. The Bertz CT molecular complexity index is 912. The van der Waals surface area contributed by atoms with Gasteiger partial charge in [0.2, 0.25) is 0 Å². The van der Waals surface area contributed by atoms with Gasteiger partial charge in [-0.3, -0.25) is 0 Å². The van der Waals surface area contributed by atoms with Crippen molar-refractivity contribution in [1.29, 1.82) is 0 Å². The number of anilines is 1. The van der Waals surface area contributed by atoms with Crippen LogP contribution < -0.4 is 10.1 Å². The predicted octanol–water partition coefficient (Wildman–Crippen LogP) is 1.36. The van der Waals surface area contributed by atoms with Gasteiger partial charge in [0.15, 0.2) is 5.03 Å². The molecule has 1 aromatic carbocycles. The van der Waals surface area contributed by atoms with E-state index < -0.39 is 10.0 Å². The topological polar surface area (TPSA) is 96.8 Å². The summed E-state index contributed by atoms with van der Waals surface area (Å²) in [5, 5.41) is 2.85. The van der Waals surface area contributed by atoms with Crippen molar-refractivity contribution in [2.45, 2.75) is 11.4 Å². The number of nitrogens with one attached hydrogen (secondary N) is 1. The number of ether oxygens (including phenoxy) is 1. The Morgan fingerprint density at radius 2 is 2.04 bits per heavy atom. The molecule has 0 unspecified atom stereocenters. The number of carbonyl (C=O) groups excluding carboxylic acids is 1. The van der Waals surface area contributed by atoms with Gasteiger partial charge in [-0.1, -0.05) is 6.07 Å². The lowest BCUT2D eigenvalue weighted by molar-refractivity contribution is 0.214. The first-order chi connectivity index (χ1) is 12.9. The number of urea groups is 1. The zero-order valence-electron chi connectivity index (χ0n) is 15.3. The van der Waals surface area contributed by atoms with E-state index in [4.69, 9.17) is 4.74 Å². The van der Waals surface area contributed by atoms with Crippen molar-refractivity contribution in [3.63, 3.8) is 0 Å². The van der Waals surface area contributed by atoms with E-state index in [9.17, 15) is 13.2 Å². The average Bonchev–Trinajstić information content (AvgIpc) is 2.94. The summed E-state index contributed by atoms with van der Waals surface area (Å²) in [5.41, 5.74) is 0.626. The Morgan fingerprint density at radius 3 is 2.74 bits per heavy atom. The van der Waals surface area contributed by atoms with Gasteiger partial charge in [0.05, 0.1) is 13.4 Å². The Kier molecular flexibility index (Phi) is 5.66. The summed E-state index contributed by atoms with van der Waals surface area (Å²) >= 11 is 0. The van der Waals surface area contributed by atoms with Gasteiger partial charge in [-0.2, -0.15) is 4.31 Å². The van der Waals surface area contributed by atoms with Crippen LogP contribution in [0.25, 0.3) is 0 Å². The molecule has 3 rings (SSSR count). The predicted molar refractivity (Wildman–Crippen MR) is 100 cm³/mol. The van der Waals surface area contributed by atoms with Crippen molar-refractivity contribution in [2.24, 2.45) is 7.05 Å². The normalized spacial score (nSPS) is 16.0. The molecule has 2 amide bonds. The number of rotatable bonds is 4. The average molecular weight is 393 g/mol. The first kappa shape index (κ1) is 19.2. The summed E-state index contributed by atoms with van der Waals surface area (Å²) in [6.07, 6.45) is 3.49. The van der Waals surface area contributed by atoms with Crippen LogP contribution in [0.15, 0.2) is 41.8 Å². The van der Waals surface area contributed by atoms with Gasteiger partial charge < -0.3 is 19.5 Å². The number of hydrogen-bond donors (Lipinski definition) is 1. The second kappa shape index (κ2) is 7.97. The molecular weight excluding hydrogens is 370 g/mol. The molecule has 0 aliphatic carbocycles. The van der Waals surface area contributed by atoms with Crippen LogP contribution in [-0.4, -0.2) is 66.5 Å². The Morgan fingerprint density at radius 1 is 1.22 bits per heavy atom. The maximum Gasteiger partial charge on any atom is 0.321 e. The van der Waals surface area contributed by atoms with E-state index in [1.54, 1.807) is 47.9 Å². The summed E-state index contributed by atoms with van der Waals surface area (Å²) in [6.45, 7) is 1.36. The first-order valence-corrected chi connectivity index (χ1v) is 10.0. The number of aromatic nitrogens is 2. The van der Waals surface area contributed by atoms with E-state index in [0.717, 1.165) is 0 Å². The molecule has 1 aliphatic rings. The third kappa shape index (κ3) is 4.40. The molecule has 2 heterocycles. The number of imidazole rings is 1. The SMILES string of the molecule is COc1cccc(NC(=O)N2CCCN(S(=O)(=O)c3cn(C)cn3)CC2)c1.